The molecule has 25 heavy (non-hydrogen) atoms. The summed E-state index contributed by atoms with van der Waals surface area (Å²) in [5, 5.41) is 6.66. The van der Waals surface area contributed by atoms with Gasteiger partial charge in [0.15, 0.2) is 11.6 Å². The van der Waals surface area contributed by atoms with E-state index < -0.39 is 11.7 Å². The molecule has 0 saturated heterocycles. The summed E-state index contributed by atoms with van der Waals surface area (Å²) in [6, 6.07) is 14.0. The van der Waals surface area contributed by atoms with Gasteiger partial charge in [-0.1, -0.05) is 54.1 Å². The highest BCUT2D eigenvalue weighted by Crippen LogP contribution is 2.27. The van der Waals surface area contributed by atoms with Crippen LogP contribution in [-0.2, 0) is 0 Å². The molecule has 0 radical (unpaired) electrons. The van der Waals surface area contributed by atoms with Crippen molar-refractivity contribution in [2.75, 3.05) is 5.32 Å². The zero-order valence-corrected chi connectivity index (χ0v) is 13.6. The Hall–Kier alpha value is -2.99. The van der Waals surface area contributed by atoms with E-state index in [0.29, 0.717) is 5.82 Å². The smallest absolute Gasteiger partial charge is 0.295 e. The number of anilines is 1. The van der Waals surface area contributed by atoms with Crippen LogP contribution in [0.2, 0.25) is 5.02 Å². The first-order valence-electron chi connectivity index (χ1n) is 7.58. The van der Waals surface area contributed by atoms with Gasteiger partial charge in [0.05, 0.1) is 16.8 Å². The molecule has 124 valence electrons. The van der Waals surface area contributed by atoms with Crippen LogP contribution in [-0.4, -0.2) is 20.7 Å². The Morgan fingerprint density at radius 3 is 2.76 bits per heavy atom. The third-order valence-electron chi connectivity index (χ3n) is 3.89. The molecular formula is C18H12ClFN4O. The van der Waals surface area contributed by atoms with Crippen molar-refractivity contribution in [3.05, 3.63) is 82.7 Å². The van der Waals surface area contributed by atoms with Gasteiger partial charge < -0.3 is 5.32 Å². The first-order valence-corrected chi connectivity index (χ1v) is 7.96. The molecule has 5 nitrogen and oxygen atoms in total. The second-order valence-corrected chi connectivity index (χ2v) is 5.92. The van der Waals surface area contributed by atoms with E-state index >= 15 is 0 Å². The molecule has 0 aliphatic carbocycles. The zero-order chi connectivity index (χ0) is 17.4. The molecule has 0 unspecified atom stereocenters. The lowest BCUT2D eigenvalue weighted by molar-refractivity contribution is 0.101. The summed E-state index contributed by atoms with van der Waals surface area (Å²) in [4.78, 5) is 16.6. The molecule has 1 aliphatic rings. The first-order chi connectivity index (χ1) is 12.1. The van der Waals surface area contributed by atoms with Gasteiger partial charge in [0.1, 0.15) is 0 Å². The van der Waals surface area contributed by atoms with Gasteiger partial charge in [-0.3, -0.25) is 4.79 Å². The van der Waals surface area contributed by atoms with Crippen LogP contribution in [0.5, 0.6) is 0 Å². The summed E-state index contributed by atoms with van der Waals surface area (Å²) in [6.07, 6.45) is 3.77. The highest BCUT2D eigenvalue weighted by atomic mass is 35.5. The summed E-state index contributed by atoms with van der Waals surface area (Å²) in [6.45, 7) is 0. The van der Waals surface area contributed by atoms with Gasteiger partial charge in [-0.2, -0.15) is 0 Å². The highest BCUT2D eigenvalue weighted by molar-refractivity contribution is 6.31. The van der Waals surface area contributed by atoms with Crippen LogP contribution in [0.25, 0.3) is 6.08 Å². The number of halogens is 2. The fourth-order valence-corrected chi connectivity index (χ4v) is 2.86. The summed E-state index contributed by atoms with van der Waals surface area (Å²) in [5.74, 6) is -0.736. The molecule has 3 aromatic rings. The van der Waals surface area contributed by atoms with Crippen molar-refractivity contribution in [3.8, 4) is 0 Å². The molecule has 1 amide bonds. The van der Waals surface area contributed by atoms with E-state index in [2.05, 4.69) is 15.4 Å². The highest BCUT2D eigenvalue weighted by Gasteiger charge is 2.25. The van der Waals surface area contributed by atoms with E-state index in [9.17, 15) is 9.18 Å². The minimum absolute atomic E-state index is 0.0115. The molecule has 2 aromatic carbocycles. The van der Waals surface area contributed by atoms with E-state index in [-0.39, 0.29) is 22.6 Å². The zero-order valence-electron chi connectivity index (χ0n) is 12.9. The summed E-state index contributed by atoms with van der Waals surface area (Å²) >= 11 is 5.72. The van der Waals surface area contributed by atoms with Crippen LogP contribution < -0.4 is 5.32 Å². The molecule has 1 aliphatic heterocycles. The van der Waals surface area contributed by atoms with E-state index in [1.165, 1.54) is 12.1 Å². The number of rotatable bonds is 3. The lowest BCUT2D eigenvalue weighted by Gasteiger charge is -2.10. The average molecular weight is 355 g/mol. The number of hydrogen-bond donors (Lipinski definition) is 1. The second-order valence-electron chi connectivity index (χ2n) is 5.51. The van der Waals surface area contributed by atoms with Crippen molar-refractivity contribution in [1.29, 1.82) is 0 Å². The van der Waals surface area contributed by atoms with Gasteiger partial charge in [-0.25, -0.2) is 14.1 Å². The van der Waals surface area contributed by atoms with Crippen molar-refractivity contribution in [1.82, 2.24) is 14.8 Å². The molecule has 1 atom stereocenters. The Morgan fingerprint density at radius 1 is 1.16 bits per heavy atom. The molecule has 2 heterocycles. The minimum atomic E-state index is -0.689. The van der Waals surface area contributed by atoms with Crippen molar-refractivity contribution in [3.63, 3.8) is 0 Å². The van der Waals surface area contributed by atoms with E-state index in [4.69, 9.17) is 11.6 Å². The number of hydrogen-bond acceptors (Lipinski definition) is 3. The Balaban J connectivity index is 1.60. The molecular weight excluding hydrogens is 343 g/mol. The number of nitrogens with zero attached hydrogens (tertiary/aromatic N) is 3. The quantitative estimate of drug-likeness (QED) is 0.775. The maximum atomic E-state index is 13.9. The van der Waals surface area contributed by atoms with Gasteiger partial charge in [-0.05, 0) is 23.8 Å². The second kappa shape index (κ2) is 6.14. The number of fused-ring (bicyclic) bond motifs is 1. The number of nitrogens with one attached hydrogen (secondary N) is 1. The Morgan fingerprint density at radius 2 is 1.96 bits per heavy atom. The standard InChI is InChI=1S/C18H12ClFN4O/c19-12-7-4-8-13(16(12)20)21-18(25)17-22-15-10-9-14(24(15)23-17)11-5-2-1-3-6-11/h1-10,14H,(H,21,25)/t14-/m0/s1. The van der Waals surface area contributed by atoms with Crippen molar-refractivity contribution < 1.29 is 9.18 Å². The van der Waals surface area contributed by atoms with Crippen LogP contribution in [0.15, 0.2) is 54.6 Å². The predicted molar refractivity (Wildman–Crippen MR) is 93.0 cm³/mol. The number of carbonyl (C=O) groups is 1. The lowest BCUT2D eigenvalue weighted by atomic mass is 10.1. The first kappa shape index (κ1) is 15.5. The summed E-state index contributed by atoms with van der Waals surface area (Å²) in [5.41, 5.74) is 1.03. The Kier molecular flexibility index (Phi) is 3.82. The maximum Gasteiger partial charge on any atom is 0.295 e. The monoisotopic (exact) mass is 354 g/mol. The third-order valence-corrected chi connectivity index (χ3v) is 4.18. The topological polar surface area (TPSA) is 59.8 Å². The van der Waals surface area contributed by atoms with Crippen LogP contribution >= 0.6 is 11.6 Å². The predicted octanol–water partition coefficient (Wildman–Crippen LogP) is 3.94. The lowest BCUT2D eigenvalue weighted by Crippen LogP contribution is -2.16. The van der Waals surface area contributed by atoms with E-state index in [0.717, 1.165) is 5.56 Å². The summed E-state index contributed by atoms with van der Waals surface area (Å²) in [7, 11) is 0. The van der Waals surface area contributed by atoms with Crippen molar-refractivity contribution >= 4 is 29.3 Å². The fraction of sp³-hybridized carbons (Fsp3) is 0.0556. The maximum absolute atomic E-state index is 13.9. The Labute approximate surface area is 147 Å². The van der Waals surface area contributed by atoms with Crippen LogP contribution in [0.4, 0.5) is 10.1 Å². The number of benzene rings is 2. The van der Waals surface area contributed by atoms with E-state index in [1.54, 1.807) is 16.8 Å². The van der Waals surface area contributed by atoms with Crippen molar-refractivity contribution in [2.24, 2.45) is 0 Å². The van der Waals surface area contributed by atoms with Crippen LogP contribution in [0.1, 0.15) is 28.0 Å². The SMILES string of the molecule is O=C(Nc1cccc(Cl)c1F)c1nc2n(n1)[C@H](c1ccccc1)C=C2. The molecule has 0 bridgehead atoms. The molecule has 1 aromatic heterocycles. The van der Waals surface area contributed by atoms with Crippen LogP contribution in [0, 0.1) is 5.82 Å². The number of carbonyl (C=O) groups excluding carboxylic acids is 1. The largest absolute Gasteiger partial charge is 0.317 e. The van der Waals surface area contributed by atoms with Crippen molar-refractivity contribution in [2.45, 2.75) is 6.04 Å². The summed E-state index contributed by atoms with van der Waals surface area (Å²) < 4.78 is 15.6. The van der Waals surface area contributed by atoms with Gasteiger partial charge >= 0.3 is 0 Å². The number of amides is 1. The fourth-order valence-electron chi connectivity index (χ4n) is 2.69. The van der Waals surface area contributed by atoms with Crippen LogP contribution in [0.3, 0.4) is 0 Å². The molecule has 0 saturated carbocycles. The molecule has 4 rings (SSSR count). The Bertz CT molecular complexity index is 984. The molecule has 0 fully saturated rings. The molecule has 7 heteroatoms. The van der Waals surface area contributed by atoms with Gasteiger partial charge in [0.25, 0.3) is 5.91 Å². The van der Waals surface area contributed by atoms with Gasteiger partial charge in [-0.15, -0.1) is 5.10 Å². The third kappa shape index (κ3) is 2.81. The minimum Gasteiger partial charge on any atom is -0.317 e. The van der Waals surface area contributed by atoms with Gasteiger partial charge in [0, 0.05) is 0 Å². The average Bonchev–Trinajstić information content (AvgIpc) is 3.20. The number of allylic oxidation sites excluding steroid dienone is 1. The molecule has 1 N–H and O–H groups in total. The normalized spacial score (nSPS) is 15.2. The van der Waals surface area contributed by atoms with Gasteiger partial charge in [0.2, 0.25) is 5.82 Å². The van der Waals surface area contributed by atoms with E-state index in [1.807, 2.05) is 36.4 Å². The molecule has 0 spiro atoms. The number of aromatic nitrogens is 3.